The largest absolute Gasteiger partial charge is 0.326 e. The lowest BCUT2D eigenvalue weighted by Gasteiger charge is -2.37. The third kappa shape index (κ3) is 3.83. The molecule has 1 amide bonds. The Labute approximate surface area is 126 Å². The standard InChI is InChI=1S/C17H25N3O/c18-17(8-3-9-17)12-16(21)19-15-6-4-14(5-7-15)13-20-10-1-2-11-20/h4-7H,1-3,8-13,18H2,(H,19,21). The average Bonchev–Trinajstić information content (AvgIpc) is 2.92. The minimum Gasteiger partial charge on any atom is -0.326 e. The zero-order valence-corrected chi connectivity index (χ0v) is 12.6. The Hall–Kier alpha value is -1.39. The number of anilines is 1. The van der Waals surface area contributed by atoms with E-state index in [-0.39, 0.29) is 11.4 Å². The van der Waals surface area contributed by atoms with Gasteiger partial charge in [-0.25, -0.2) is 0 Å². The van der Waals surface area contributed by atoms with Crippen LogP contribution in [0.1, 0.15) is 44.1 Å². The number of likely N-dealkylation sites (tertiary alicyclic amines) is 1. The van der Waals surface area contributed by atoms with Crippen molar-refractivity contribution >= 4 is 11.6 Å². The number of carbonyl (C=O) groups excluding carboxylic acids is 1. The van der Waals surface area contributed by atoms with Crippen LogP contribution in [0.25, 0.3) is 0 Å². The lowest BCUT2D eigenvalue weighted by atomic mass is 9.75. The average molecular weight is 287 g/mol. The maximum atomic E-state index is 12.0. The van der Waals surface area contributed by atoms with E-state index in [9.17, 15) is 4.79 Å². The van der Waals surface area contributed by atoms with Crippen LogP contribution in [0.5, 0.6) is 0 Å². The summed E-state index contributed by atoms with van der Waals surface area (Å²) < 4.78 is 0. The molecule has 0 radical (unpaired) electrons. The van der Waals surface area contributed by atoms with Gasteiger partial charge in [0.2, 0.25) is 5.91 Å². The van der Waals surface area contributed by atoms with Crippen LogP contribution in [0, 0.1) is 0 Å². The van der Waals surface area contributed by atoms with Crippen LogP contribution in [0.3, 0.4) is 0 Å². The molecule has 0 atom stereocenters. The fourth-order valence-corrected chi connectivity index (χ4v) is 3.23. The maximum absolute atomic E-state index is 12.0. The molecule has 1 saturated heterocycles. The van der Waals surface area contributed by atoms with E-state index in [2.05, 4.69) is 22.3 Å². The third-order valence-electron chi connectivity index (χ3n) is 4.70. The van der Waals surface area contributed by atoms with Crippen LogP contribution >= 0.6 is 0 Å². The molecule has 1 aliphatic heterocycles. The van der Waals surface area contributed by atoms with E-state index >= 15 is 0 Å². The Morgan fingerprint density at radius 1 is 1.14 bits per heavy atom. The normalized spacial score (nSPS) is 21.0. The third-order valence-corrected chi connectivity index (χ3v) is 4.70. The number of hydrogen-bond donors (Lipinski definition) is 2. The molecular weight excluding hydrogens is 262 g/mol. The summed E-state index contributed by atoms with van der Waals surface area (Å²) in [5.74, 6) is 0.0319. The van der Waals surface area contributed by atoms with Gasteiger partial charge in [-0.15, -0.1) is 0 Å². The predicted octanol–water partition coefficient (Wildman–Crippen LogP) is 2.49. The van der Waals surface area contributed by atoms with E-state index in [1.165, 1.54) is 31.5 Å². The highest BCUT2D eigenvalue weighted by Gasteiger charge is 2.34. The highest BCUT2D eigenvalue weighted by Crippen LogP contribution is 2.32. The zero-order chi connectivity index (χ0) is 14.7. The molecule has 1 aromatic rings. The molecule has 3 rings (SSSR count). The van der Waals surface area contributed by atoms with Crippen LogP contribution in [0.15, 0.2) is 24.3 Å². The molecule has 21 heavy (non-hydrogen) atoms. The molecule has 0 bridgehead atoms. The highest BCUT2D eigenvalue weighted by molar-refractivity contribution is 5.91. The summed E-state index contributed by atoms with van der Waals surface area (Å²) in [5, 5.41) is 2.95. The first kappa shape index (κ1) is 14.5. The molecule has 0 spiro atoms. The van der Waals surface area contributed by atoms with E-state index in [4.69, 9.17) is 5.73 Å². The van der Waals surface area contributed by atoms with Crippen molar-refractivity contribution in [2.75, 3.05) is 18.4 Å². The predicted molar refractivity (Wildman–Crippen MR) is 85.0 cm³/mol. The minimum atomic E-state index is -0.250. The van der Waals surface area contributed by atoms with E-state index < -0.39 is 0 Å². The number of amides is 1. The van der Waals surface area contributed by atoms with Crippen LogP contribution in [0.2, 0.25) is 0 Å². The quantitative estimate of drug-likeness (QED) is 0.875. The lowest BCUT2D eigenvalue weighted by molar-refractivity contribution is -0.118. The molecular formula is C17H25N3O. The first-order valence-corrected chi connectivity index (χ1v) is 8.03. The second-order valence-corrected chi connectivity index (χ2v) is 6.62. The van der Waals surface area contributed by atoms with Gasteiger partial charge in [0.15, 0.2) is 0 Å². The molecule has 0 aromatic heterocycles. The summed E-state index contributed by atoms with van der Waals surface area (Å²) in [4.78, 5) is 14.5. The fourth-order valence-electron chi connectivity index (χ4n) is 3.23. The summed E-state index contributed by atoms with van der Waals surface area (Å²) in [6.07, 6.45) is 6.14. The van der Waals surface area contributed by atoms with Crippen LogP contribution in [0.4, 0.5) is 5.69 Å². The first-order chi connectivity index (χ1) is 10.1. The van der Waals surface area contributed by atoms with Gasteiger partial charge in [-0.05, 0) is 62.9 Å². The highest BCUT2D eigenvalue weighted by atomic mass is 16.1. The van der Waals surface area contributed by atoms with Crippen LogP contribution < -0.4 is 11.1 Å². The Bertz CT molecular complexity index is 487. The van der Waals surface area contributed by atoms with E-state index in [1.54, 1.807) is 0 Å². The number of nitrogens with two attached hydrogens (primary N) is 1. The molecule has 1 aliphatic carbocycles. The van der Waals surface area contributed by atoms with Gasteiger partial charge in [-0.2, -0.15) is 0 Å². The summed E-state index contributed by atoms with van der Waals surface area (Å²) >= 11 is 0. The molecule has 2 aliphatic rings. The molecule has 0 unspecified atom stereocenters. The van der Waals surface area contributed by atoms with Gasteiger partial charge in [-0.3, -0.25) is 9.69 Å². The van der Waals surface area contributed by atoms with Crippen molar-refractivity contribution in [2.45, 2.75) is 50.6 Å². The molecule has 1 heterocycles. The number of nitrogens with zero attached hydrogens (tertiary/aromatic N) is 1. The van der Waals surface area contributed by atoms with Crippen molar-refractivity contribution in [3.8, 4) is 0 Å². The number of rotatable bonds is 5. The van der Waals surface area contributed by atoms with Gasteiger partial charge >= 0.3 is 0 Å². The topological polar surface area (TPSA) is 58.4 Å². The molecule has 4 nitrogen and oxygen atoms in total. The van der Waals surface area contributed by atoms with E-state index in [1.807, 2.05) is 12.1 Å². The van der Waals surface area contributed by atoms with Gasteiger partial charge in [-0.1, -0.05) is 12.1 Å². The summed E-state index contributed by atoms with van der Waals surface area (Å²) in [6.45, 7) is 3.42. The van der Waals surface area contributed by atoms with Crippen molar-refractivity contribution in [1.82, 2.24) is 4.90 Å². The van der Waals surface area contributed by atoms with E-state index in [0.717, 1.165) is 31.5 Å². The molecule has 114 valence electrons. The van der Waals surface area contributed by atoms with Crippen molar-refractivity contribution in [1.29, 1.82) is 0 Å². The zero-order valence-electron chi connectivity index (χ0n) is 12.6. The Morgan fingerprint density at radius 2 is 1.81 bits per heavy atom. The molecule has 4 heteroatoms. The van der Waals surface area contributed by atoms with Gasteiger partial charge in [0.05, 0.1) is 0 Å². The van der Waals surface area contributed by atoms with Crippen LogP contribution in [-0.4, -0.2) is 29.4 Å². The summed E-state index contributed by atoms with van der Waals surface area (Å²) in [6, 6.07) is 8.20. The Morgan fingerprint density at radius 3 is 2.38 bits per heavy atom. The number of benzene rings is 1. The van der Waals surface area contributed by atoms with Crippen molar-refractivity contribution < 1.29 is 4.79 Å². The fraction of sp³-hybridized carbons (Fsp3) is 0.588. The molecule has 3 N–H and O–H groups in total. The molecule has 2 fully saturated rings. The maximum Gasteiger partial charge on any atom is 0.226 e. The second-order valence-electron chi connectivity index (χ2n) is 6.62. The number of carbonyl (C=O) groups is 1. The first-order valence-electron chi connectivity index (χ1n) is 8.03. The minimum absolute atomic E-state index is 0.0319. The number of hydrogen-bond acceptors (Lipinski definition) is 3. The number of nitrogens with one attached hydrogen (secondary N) is 1. The Kier molecular flexibility index (Phi) is 4.27. The lowest BCUT2D eigenvalue weighted by Crippen LogP contribution is -2.48. The smallest absolute Gasteiger partial charge is 0.226 e. The van der Waals surface area contributed by atoms with Crippen LogP contribution in [-0.2, 0) is 11.3 Å². The van der Waals surface area contributed by atoms with Crippen molar-refractivity contribution in [3.05, 3.63) is 29.8 Å². The summed E-state index contributed by atoms with van der Waals surface area (Å²) in [5.41, 5.74) is 8.03. The van der Waals surface area contributed by atoms with Crippen molar-refractivity contribution in [2.24, 2.45) is 5.73 Å². The molecule has 1 saturated carbocycles. The van der Waals surface area contributed by atoms with Gasteiger partial charge in [0.1, 0.15) is 0 Å². The Balaban J connectivity index is 1.50. The van der Waals surface area contributed by atoms with Gasteiger partial charge < -0.3 is 11.1 Å². The van der Waals surface area contributed by atoms with Gasteiger partial charge in [0.25, 0.3) is 0 Å². The van der Waals surface area contributed by atoms with Gasteiger partial charge in [0, 0.05) is 24.2 Å². The summed E-state index contributed by atoms with van der Waals surface area (Å²) in [7, 11) is 0. The molecule has 1 aromatic carbocycles. The second kappa shape index (κ2) is 6.16. The monoisotopic (exact) mass is 287 g/mol. The SMILES string of the molecule is NC1(CC(=O)Nc2ccc(CN3CCCC3)cc2)CCC1. The van der Waals surface area contributed by atoms with E-state index in [0.29, 0.717) is 6.42 Å². The van der Waals surface area contributed by atoms with Crippen molar-refractivity contribution in [3.63, 3.8) is 0 Å².